The van der Waals surface area contributed by atoms with Crippen molar-refractivity contribution in [3.8, 4) is 0 Å². The normalized spacial score (nSPS) is 43.5. The molecule has 13 heteroatoms. The van der Waals surface area contributed by atoms with Gasteiger partial charge in [-0.1, -0.05) is 55.4 Å². The minimum atomic E-state index is -3.09. The van der Waals surface area contributed by atoms with Crippen LogP contribution in [0.1, 0.15) is 146 Å². The number of ether oxygens (including phenoxy) is 4. The molecule has 14 atom stereocenters. The molecule has 364 valence electrons. The molecule has 1 saturated heterocycles. The Morgan fingerprint density at radius 3 is 2.11 bits per heavy atom. The zero-order valence-electron chi connectivity index (χ0n) is 41.1. The van der Waals surface area contributed by atoms with E-state index in [2.05, 4.69) is 51.8 Å². The van der Waals surface area contributed by atoms with E-state index >= 15 is 0 Å². The fraction of sp³-hybridized carbons (Fsp3) is 0.941. The number of methoxy groups -OCH3 is 1. The van der Waals surface area contributed by atoms with Gasteiger partial charge in [-0.15, -0.1) is 0 Å². The molecule has 2 unspecified atom stereocenters. The standard InChI is InChI=1S/C51H84N2O10S/c1-32(62-41(54)31-61-26-25-60-10)37(53-23-27-64(58,59)28-24-53)30-52-51-18-13-33(47(6)19-20-47)42(51)34-11-12-39-48(7)16-15-40(63-44(57)36-29-35(43(55)56)45(36,2)3)46(4,5)38(48)14-17-50(39,9)49(34,8)21-22-51/h32-40,42,52H,11-31H2,1-10H3,(H,55,56)/t32?,33-,34-,35+,36-,37?,38+,39-,40+,42-,48+,49-,50-,51+/m1/s1. The van der Waals surface area contributed by atoms with Crippen molar-refractivity contribution in [3.63, 3.8) is 0 Å². The van der Waals surface area contributed by atoms with Crippen LogP contribution in [0.25, 0.3) is 0 Å². The van der Waals surface area contributed by atoms with Gasteiger partial charge in [0.1, 0.15) is 18.8 Å². The van der Waals surface area contributed by atoms with Crippen molar-refractivity contribution >= 4 is 27.7 Å². The van der Waals surface area contributed by atoms with Gasteiger partial charge in [-0.2, -0.15) is 0 Å². The fourth-order valence-corrected chi connectivity index (χ4v) is 18.2. The molecule has 7 saturated carbocycles. The van der Waals surface area contributed by atoms with Gasteiger partial charge in [0.25, 0.3) is 0 Å². The molecule has 1 aliphatic heterocycles. The first-order valence-electron chi connectivity index (χ1n) is 25.3. The summed E-state index contributed by atoms with van der Waals surface area (Å²) >= 11 is 0. The fourth-order valence-electron chi connectivity index (χ4n) is 17.0. The van der Waals surface area contributed by atoms with E-state index in [9.17, 15) is 27.9 Å². The molecule has 0 aromatic rings. The second-order valence-electron chi connectivity index (χ2n) is 24.8. The van der Waals surface area contributed by atoms with E-state index < -0.39 is 39.2 Å². The second-order valence-corrected chi connectivity index (χ2v) is 27.1. The van der Waals surface area contributed by atoms with E-state index in [0.29, 0.717) is 74.3 Å². The van der Waals surface area contributed by atoms with Crippen LogP contribution in [0.15, 0.2) is 0 Å². The van der Waals surface area contributed by atoms with Crippen LogP contribution in [-0.2, 0) is 43.2 Å². The number of hydrogen-bond acceptors (Lipinski definition) is 11. The summed E-state index contributed by atoms with van der Waals surface area (Å²) in [6, 6.07) is -0.166. The molecule has 64 heavy (non-hydrogen) atoms. The number of nitrogens with one attached hydrogen (secondary N) is 1. The number of nitrogens with zero attached hydrogens (tertiary/aromatic N) is 1. The lowest BCUT2D eigenvalue weighted by atomic mass is 9.32. The summed E-state index contributed by atoms with van der Waals surface area (Å²) in [5.74, 6) is 0.697. The lowest BCUT2D eigenvalue weighted by molar-refractivity contribution is -0.250. The number of sulfone groups is 1. The van der Waals surface area contributed by atoms with Gasteiger partial charge < -0.3 is 29.4 Å². The molecule has 1 heterocycles. The Bertz CT molecular complexity index is 1890. The topological polar surface area (TPSA) is 158 Å². The Kier molecular flexibility index (Phi) is 12.9. The van der Waals surface area contributed by atoms with Gasteiger partial charge in [0.2, 0.25) is 0 Å². The molecule has 0 bridgehead atoms. The second kappa shape index (κ2) is 17.0. The number of carboxylic acids is 1. The van der Waals surface area contributed by atoms with Crippen molar-refractivity contribution in [1.29, 1.82) is 0 Å². The van der Waals surface area contributed by atoms with Gasteiger partial charge in [-0.05, 0) is 147 Å². The van der Waals surface area contributed by atoms with Crippen molar-refractivity contribution < 1.29 is 46.9 Å². The minimum Gasteiger partial charge on any atom is -0.481 e. The predicted octanol–water partition coefficient (Wildman–Crippen LogP) is 7.56. The molecule has 12 nitrogen and oxygen atoms in total. The molecule has 8 rings (SSSR count). The highest BCUT2D eigenvalue weighted by Gasteiger charge is 2.72. The maximum atomic E-state index is 13.7. The smallest absolute Gasteiger partial charge is 0.332 e. The summed E-state index contributed by atoms with van der Waals surface area (Å²) in [5.41, 5.74) is 0.0186. The van der Waals surface area contributed by atoms with Gasteiger partial charge in [0.05, 0.1) is 42.6 Å². The Balaban J connectivity index is 1.01. The zero-order valence-corrected chi connectivity index (χ0v) is 41.9. The first-order valence-corrected chi connectivity index (χ1v) is 27.1. The summed E-state index contributed by atoms with van der Waals surface area (Å²) in [5, 5.41) is 14.0. The van der Waals surface area contributed by atoms with Crippen LogP contribution >= 0.6 is 0 Å². The molecule has 2 N–H and O–H groups in total. The third kappa shape index (κ3) is 8.02. The monoisotopic (exact) mass is 917 g/mol. The number of carboxylic acid groups (broad SMARTS) is 1. The molecule has 7 aliphatic carbocycles. The SMILES string of the molecule is COCCOCC(=O)OC(C)C(CN[C@]12CC[C@@H](C3(C)CC3)[C@@H]1[C@H]1CC[C@@H]3[C@@]4(C)CC[C@H](OC(=O)[C@H]5C[C@@H](C(=O)O)C5(C)C)C(C)(C)[C@@H]4CC[C@@]3(C)[C@]1(C)CC2)N1CCS(=O)(=O)CC1. The van der Waals surface area contributed by atoms with E-state index in [-0.39, 0.29) is 69.3 Å². The average Bonchev–Trinajstić information content (AvgIpc) is 3.83. The number of carbonyl (C=O) groups is 3. The largest absolute Gasteiger partial charge is 0.481 e. The van der Waals surface area contributed by atoms with E-state index in [0.717, 1.165) is 32.1 Å². The molecular weight excluding hydrogens is 833 g/mol. The molecule has 0 amide bonds. The van der Waals surface area contributed by atoms with Crippen molar-refractivity contribution in [3.05, 3.63) is 0 Å². The van der Waals surface area contributed by atoms with Gasteiger partial charge in [0, 0.05) is 37.7 Å². The summed E-state index contributed by atoms with van der Waals surface area (Å²) in [4.78, 5) is 40.9. The van der Waals surface area contributed by atoms with Gasteiger partial charge in [0.15, 0.2) is 9.84 Å². The molecule has 0 aromatic carbocycles. The third-order valence-electron chi connectivity index (χ3n) is 21.4. The lowest BCUT2D eigenvalue weighted by Crippen LogP contribution is -2.69. The Labute approximate surface area is 385 Å². The van der Waals surface area contributed by atoms with Crippen LogP contribution in [0.2, 0.25) is 0 Å². The van der Waals surface area contributed by atoms with Crippen molar-refractivity contribution in [1.82, 2.24) is 10.2 Å². The molecule has 0 aromatic heterocycles. The highest BCUT2D eigenvalue weighted by atomic mass is 32.2. The summed E-state index contributed by atoms with van der Waals surface area (Å²) < 4.78 is 48.3. The van der Waals surface area contributed by atoms with Crippen LogP contribution < -0.4 is 5.32 Å². The summed E-state index contributed by atoms with van der Waals surface area (Å²) in [6.07, 6.45) is 13.7. The number of hydrogen-bond donors (Lipinski definition) is 2. The molecule has 8 fully saturated rings. The van der Waals surface area contributed by atoms with E-state index in [4.69, 9.17) is 18.9 Å². The number of carbonyl (C=O) groups excluding carboxylic acids is 2. The van der Waals surface area contributed by atoms with Crippen LogP contribution in [0, 0.1) is 73.9 Å². The Morgan fingerprint density at radius 1 is 0.766 bits per heavy atom. The highest BCUT2D eigenvalue weighted by Crippen LogP contribution is 2.78. The predicted molar refractivity (Wildman–Crippen MR) is 245 cm³/mol. The molecule has 0 radical (unpaired) electrons. The average molecular weight is 917 g/mol. The quantitative estimate of drug-likeness (QED) is 0.123. The summed E-state index contributed by atoms with van der Waals surface area (Å²) in [7, 11) is -1.50. The summed E-state index contributed by atoms with van der Waals surface area (Å²) in [6.45, 7) is 23.1. The van der Waals surface area contributed by atoms with Crippen molar-refractivity contribution in [2.75, 3.05) is 58.1 Å². The lowest BCUT2D eigenvalue weighted by Gasteiger charge is -2.73. The Morgan fingerprint density at radius 2 is 1.47 bits per heavy atom. The van der Waals surface area contributed by atoms with E-state index in [1.54, 1.807) is 7.11 Å². The number of esters is 2. The van der Waals surface area contributed by atoms with Crippen molar-refractivity contribution in [2.45, 2.75) is 170 Å². The first-order chi connectivity index (χ1) is 29.9. The minimum absolute atomic E-state index is 0.0265. The third-order valence-corrected chi connectivity index (χ3v) is 23.0. The van der Waals surface area contributed by atoms with E-state index in [1.807, 2.05) is 20.8 Å². The maximum Gasteiger partial charge on any atom is 0.332 e. The van der Waals surface area contributed by atoms with E-state index in [1.165, 1.54) is 44.9 Å². The van der Waals surface area contributed by atoms with Gasteiger partial charge in [-0.25, -0.2) is 13.2 Å². The molecule has 0 spiro atoms. The van der Waals surface area contributed by atoms with Gasteiger partial charge in [-0.3, -0.25) is 14.5 Å². The number of fused-ring (bicyclic) bond motifs is 7. The first kappa shape index (κ1) is 48.6. The van der Waals surface area contributed by atoms with Gasteiger partial charge >= 0.3 is 17.9 Å². The van der Waals surface area contributed by atoms with Crippen LogP contribution in [0.3, 0.4) is 0 Å². The van der Waals surface area contributed by atoms with Crippen LogP contribution in [0.5, 0.6) is 0 Å². The van der Waals surface area contributed by atoms with Crippen LogP contribution in [-0.4, -0.2) is 118 Å². The maximum absolute atomic E-state index is 13.7. The zero-order chi connectivity index (χ0) is 46.5. The van der Waals surface area contributed by atoms with Crippen molar-refractivity contribution in [2.24, 2.45) is 73.9 Å². The molecule has 8 aliphatic rings. The molecular formula is C51H84N2O10S. The Hall–Kier alpha value is -1.80. The highest BCUT2D eigenvalue weighted by molar-refractivity contribution is 7.91. The number of rotatable bonds is 15. The van der Waals surface area contributed by atoms with Crippen LogP contribution in [0.4, 0.5) is 0 Å². The number of aliphatic carboxylic acids is 1.